The lowest BCUT2D eigenvalue weighted by molar-refractivity contribution is -0.118. The number of hydrogen-bond donors (Lipinski definition) is 1. The summed E-state index contributed by atoms with van der Waals surface area (Å²) >= 11 is 0. The zero-order valence-corrected chi connectivity index (χ0v) is 10.7. The van der Waals surface area contributed by atoms with Gasteiger partial charge in [0.05, 0.1) is 10.6 Å². The quantitative estimate of drug-likeness (QED) is 0.835. The molecule has 0 aromatic heterocycles. The molecule has 0 unspecified atom stereocenters. The normalized spacial score (nSPS) is 11.1. The number of H-pyrrole nitrogens is 1. The number of fused-ring (bicyclic) bond motifs is 1. The van der Waals surface area contributed by atoms with E-state index in [0.29, 0.717) is 12.0 Å². The van der Waals surface area contributed by atoms with Gasteiger partial charge in [0.2, 0.25) is 0 Å². The molecule has 16 heavy (non-hydrogen) atoms. The van der Waals surface area contributed by atoms with Crippen molar-refractivity contribution >= 4 is 26.5 Å². The van der Waals surface area contributed by atoms with E-state index in [1.807, 2.05) is 5.38 Å². The fourth-order valence-corrected chi connectivity index (χ4v) is 3.89. The van der Waals surface area contributed by atoms with Crippen LogP contribution in [0.4, 0.5) is 0 Å². The van der Waals surface area contributed by atoms with Crippen molar-refractivity contribution in [2.45, 2.75) is 32.6 Å². The summed E-state index contributed by atoms with van der Waals surface area (Å²) in [5, 5.41) is 1.92. The summed E-state index contributed by atoms with van der Waals surface area (Å²) in [6.45, 7) is 2.06. The molecular weight excluding hydrogens is 242 g/mol. The van der Waals surface area contributed by atoms with Gasteiger partial charge in [0.15, 0.2) is 0 Å². The van der Waals surface area contributed by atoms with E-state index in [-0.39, 0.29) is 17.8 Å². The van der Waals surface area contributed by atoms with E-state index in [0.717, 1.165) is 23.4 Å². The molecule has 0 saturated carbocycles. The van der Waals surface area contributed by atoms with E-state index >= 15 is 0 Å². The number of unbranched alkanes of at least 4 members (excludes halogenated alkanes) is 1. The maximum Gasteiger partial charge on any atom is 0.253 e. The summed E-state index contributed by atoms with van der Waals surface area (Å²) in [6.07, 6.45) is 2.79. The van der Waals surface area contributed by atoms with Crippen LogP contribution in [0.25, 0.3) is 10.6 Å². The number of carbonyl (C=O) groups is 1. The molecule has 0 fully saturated rings. The maximum absolute atomic E-state index is 11.6. The Morgan fingerprint density at radius 1 is 1.50 bits per heavy atom. The van der Waals surface area contributed by atoms with Gasteiger partial charge in [0.1, 0.15) is 5.78 Å². The number of aromatic nitrogens is 1. The van der Waals surface area contributed by atoms with E-state index in [1.54, 1.807) is 20.7 Å². The molecule has 0 spiro atoms. The van der Waals surface area contributed by atoms with Gasteiger partial charge >= 0.3 is 0 Å². The predicted octanol–water partition coefficient (Wildman–Crippen LogP) is 2.90. The molecule has 0 saturated heterocycles. The Balaban J connectivity index is 2.15. The van der Waals surface area contributed by atoms with E-state index in [4.69, 9.17) is 0 Å². The Morgan fingerprint density at radius 2 is 2.31 bits per heavy atom. The van der Waals surface area contributed by atoms with Crippen LogP contribution in [0.3, 0.4) is 0 Å². The van der Waals surface area contributed by atoms with Gasteiger partial charge in [0.25, 0.3) is 5.56 Å². The standard InChI is InChI=1S/C11H13NO2S2/c1-2-3-4-7(13)5-8-10-9(6-15-16-10)12-11(8)14/h6H,2-5H2,1H3,(H,12,14). The molecule has 5 heteroatoms. The molecule has 86 valence electrons. The summed E-state index contributed by atoms with van der Waals surface area (Å²) in [5.74, 6) is 0.165. The molecule has 3 nitrogen and oxygen atoms in total. The van der Waals surface area contributed by atoms with Gasteiger partial charge in [-0.2, -0.15) is 0 Å². The second-order valence-electron chi connectivity index (χ2n) is 3.79. The van der Waals surface area contributed by atoms with Gasteiger partial charge in [-0.1, -0.05) is 34.0 Å². The van der Waals surface area contributed by atoms with Crippen LogP contribution in [0.2, 0.25) is 0 Å². The lowest BCUT2D eigenvalue weighted by Crippen LogP contribution is -2.11. The minimum atomic E-state index is -0.0982. The molecule has 2 rings (SSSR count). The highest BCUT2D eigenvalue weighted by Crippen LogP contribution is 2.32. The summed E-state index contributed by atoms with van der Waals surface area (Å²) in [7, 11) is 3.15. The highest BCUT2D eigenvalue weighted by Gasteiger charge is 2.18. The molecule has 0 aliphatic carbocycles. The van der Waals surface area contributed by atoms with E-state index < -0.39 is 0 Å². The first-order valence-corrected chi connectivity index (χ1v) is 7.53. The fraction of sp³-hybridized carbons (Fsp3) is 0.455. The lowest BCUT2D eigenvalue weighted by atomic mass is 10.1. The first-order valence-electron chi connectivity index (χ1n) is 5.32. The van der Waals surface area contributed by atoms with Gasteiger partial charge in [-0.15, -0.1) is 0 Å². The molecule has 0 amide bonds. The Morgan fingerprint density at radius 3 is 3.06 bits per heavy atom. The van der Waals surface area contributed by atoms with Crippen molar-refractivity contribution in [1.29, 1.82) is 0 Å². The van der Waals surface area contributed by atoms with Crippen LogP contribution in [0, 0.1) is 0 Å². The SMILES string of the molecule is CCCCC(=O)Cc1c2sscc-2[nH]c1=O. The van der Waals surface area contributed by atoms with Crippen molar-refractivity contribution in [1.82, 2.24) is 4.98 Å². The van der Waals surface area contributed by atoms with Crippen molar-refractivity contribution in [3.05, 3.63) is 21.3 Å². The van der Waals surface area contributed by atoms with Crippen LogP contribution in [0.15, 0.2) is 10.2 Å². The molecule has 0 bridgehead atoms. The third kappa shape index (κ3) is 2.25. The Bertz CT molecular complexity index is 508. The van der Waals surface area contributed by atoms with E-state index in [9.17, 15) is 9.59 Å². The number of rotatable bonds is 5. The molecular formula is C11H13NO2S2. The number of carbonyl (C=O) groups excluding carboxylic acids is 1. The smallest absolute Gasteiger partial charge is 0.253 e. The second kappa shape index (κ2) is 4.93. The van der Waals surface area contributed by atoms with E-state index in [2.05, 4.69) is 11.9 Å². The second-order valence-corrected chi connectivity index (χ2v) is 5.87. The topological polar surface area (TPSA) is 49.9 Å². The summed E-state index contributed by atoms with van der Waals surface area (Å²) < 4.78 is 0. The van der Waals surface area contributed by atoms with Crippen LogP contribution >= 0.6 is 20.7 Å². The summed E-state index contributed by atoms with van der Waals surface area (Å²) in [6, 6.07) is 0. The minimum absolute atomic E-state index is 0.0982. The Labute approximate surface area is 101 Å². The number of nitrogens with one attached hydrogen (secondary N) is 1. The molecule has 0 atom stereocenters. The molecule has 0 aromatic rings. The van der Waals surface area contributed by atoms with Crippen molar-refractivity contribution in [3.8, 4) is 10.6 Å². The predicted molar refractivity (Wildman–Crippen MR) is 67.7 cm³/mol. The third-order valence-corrected chi connectivity index (χ3v) is 4.66. The average Bonchev–Trinajstić information content (AvgIpc) is 2.79. The Kier molecular flexibility index (Phi) is 3.56. The first-order chi connectivity index (χ1) is 7.72. The fourth-order valence-electron chi connectivity index (χ4n) is 1.64. The van der Waals surface area contributed by atoms with Gasteiger partial charge < -0.3 is 4.98 Å². The van der Waals surface area contributed by atoms with Crippen molar-refractivity contribution < 1.29 is 4.79 Å². The minimum Gasteiger partial charge on any atom is -0.320 e. The Hall–Kier alpha value is -0.940. The number of Topliss-reactive ketones (excluding diaryl/α,β-unsaturated/α-hetero) is 1. The van der Waals surface area contributed by atoms with Gasteiger partial charge in [0, 0.05) is 23.8 Å². The monoisotopic (exact) mass is 255 g/mol. The molecule has 0 aromatic carbocycles. The van der Waals surface area contributed by atoms with Crippen molar-refractivity contribution in [2.75, 3.05) is 0 Å². The van der Waals surface area contributed by atoms with Crippen LogP contribution in [-0.4, -0.2) is 10.8 Å². The van der Waals surface area contributed by atoms with E-state index in [1.165, 1.54) is 0 Å². The van der Waals surface area contributed by atoms with Gasteiger partial charge in [-0.05, 0) is 6.42 Å². The third-order valence-electron chi connectivity index (χ3n) is 2.52. The highest BCUT2D eigenvalue weighted by atomic mass is 32.9. The van der Waals surface area contributed by atoms with Gasteiger partial charge in [-0.3, -0.25) is 9.59 Å². The van der Waals surface area contributed by atoms with Crippen molar-refractivity contribution in [2.24, 2.45) is 0 Å². The number of aromatic amines is 1. The molecule has 2 aliphatic heterocycles. The van der Waals surface area contributed by atoms with Crippen LogP contribution in [0.5, 0.6) is 0 Å². The average molecular weight is 255 g/mol. The van der Waals surface area contributed by atoms with Crippen molar-refractivity contribution in [3.63, 3.8) is 0 Å². The first kappa shape index (κ1) is 11.5. The molecule has 2 heterocycles. The zero-order chi connectivity index (χ0) is 11.5. The summed E-state index contributed by atoms with van der Waals surface area (Å²) in [4.78, 5) is 27.0. The molecule has 0 radical (unpaired) electrons. The maximum atomic E-state index is 11.6. The van der Waals surface area contributed by atoms with Gasteiger partial charge in [-0.25, -0.2) is 0 Å². The highest BCUT2D eigenvalue weighted by molar-refractivity contribution is 7.70. The number of hydrogen-bond acceptors (Lipinski definition) is 4. The largest absolute Gasteiger partial charge is 0.320 e. The number of ketones is 1. The summed E-state index contributed by atoms with van der Waals surface area (Å²) in [5.41, 5.74) is 1.43. The van der Waals surface area contributed by atoms with Crippen LogP contribution in [-0.2, 0) is 11.2 Å². The molecule has 2 aliphatic rings. The zero-order valence-electron chi connectivity index (χ0n) is 9.04. The lowest BCUT2D eigenvalue weighted by Gasteiger charge is -1.97. The van der Waals surface area contributed by atoms with Crippen LogP contribution in [0.1, 0.15) is 31.7 Å². The van der Waals surface area contributed by atoms with Crippen LogP contribution < -0.4 is 5.56 Å². The molecule has 1 N–H and O–H groups in total.